The molecular formula is C29H23N5O2. The van der Waals surface area contributed by atoms with Crippen LogP contribution in [0.1, 0.15) is 24.7 Å². The number of nitriles is 1. The van der Waals surface area contributed by atoms with Crippen molar-refractivity contribution in [3.8, 4) is 28.8 Å². The molecule has 0 atom stereocenters. The van der Waals surface area contributed by atoms with E-state index in [9.17, 15) is 10.1 Å². The summed E-state index contributed by atoms with van der Waals surface area (Å²) in [5.74, 6) is 0.958. The third kappa shape index (κ3) is 4.65. The average Bonchev–Trinajstić information content (AvgIpc) is 3.35. The van der Waals surface area contributed by atoms with Crippen LogP contribution in [0.3, 0.4) is 0 Å². The molecule has 1 N–H and O–H groups in total. The summed E-state index contributed by atoms with van der Waals surface area (Å²) in [5.41, 5.74) is 3.58. The van der Waals surface area contributed by atoms with Crippen molar-refractivity contribution in [2.24, 2.45) is 0 Å². The molecule has 0 aliphatic heterocycles. The van der Waals surface area contributed by atoms with Gasteiger partial charge in [-0.2, -0.15) is 10.4 Å². The molecule has 0 saturated heterocycles. The Bertz CT molecular complexity index is 1660. The van der Waals surface area contributed by atoms with Crippen LogP contribution in [0, 0.1) is 11.3 Å². The predicted molar refractivity (Wildman–Crippen MR) is 141 cm³/mol. The van der Waals surface area contributed by atoms with Crippen molar-refractivity contribution < 1.29 is 4.74 Å². The van der Waals surface area contributed by atoms with Crippen LogP contribution in [-0.4, -0.2) is 26.4 Å². The fourth-order valence-electron chi connectivity index (χ4n) is 3.91. The van der Waals surface area contributed by atoms with Crippen molar-refractivity contribution in [1.82, 2.24) is 19.7 Å². The van der Waals surface area contributed by atoms with E-state index >= 15 is 0 Å². The monoisotopic (exact) mass is 473 g/mol. The van der Waals surface area contributed by atoms with Gasteiger partial charge in [-0.1, -0.05) is 49.4 Å². The minimum absolute atomic E-state index is 0.208. The molecule has 2 aromatic heterocycles. The molecule has 0 fully saturated rings. The molecule has 7 heteroatoms. The summed E-state index contributed by atoms with van der Waals surface area (Å²) in [6.07, 6.45) is 4.47. The highest BCUT2D eigenvalue weighted by atomic mass is 16.5. The van der Waals surface area contributed by atoms with E-state index in [0.717, 1.165) is 23.4 Å². The first kappa shape index (κ1) is 22.8. The fourth-order valence-corrected chi connectivity index (χ4v) is 3.91. The molecular weight excluding hydrogens is 450 g/mol. The van der Waals surface area contributed by atoms with Gasteiger partial charge >= 0.3 is 0 Å². The fraction of sp³-hybridized carbons (Fsp3) is 0.103. The smallest absolute Gasteiger partial charge is 0.259 e. The maximum absolute atomic E-state index is 12.6. The van der Waals surface area contributed by atoms with E-state index in [1.165, 1.54) is 0 Å². The molecule has 176 valence electrons. The standard InChI is InChI=1S/C29H23N5O2/c1-2-15-36-24-12-8-9-20(17-24)27-22(19-34(33-27)23-10-4-3-5-11-23)16-21(18-30)28-31-26-14-7-6-13-25(26)29(35)32-28/h3-14,16-17,19H,2,15H2,1H3,(H,31,32,35)/b21-16-. The Morgan fingerprint density at radius 3 is 2.69 bits per heavy atom. The second kappa shape index (κ2) is 10.1. The molecule has 0 aliphatic rings. The number of hydrogen-bond acceptors (Lipinski definition) is 5. The normalized spacial score (nSPS) is 11.4. The van der Waals surface area contributed by atoms with Gasteiger partial charge in [0.1, 0.15) is 17.5 Å². The maximum Gasteiger partial charge on any atom is 0.259 e. The average molecular weight is 474 g/mol. The van der Waals surface area contributed by atoms with Crippen LogP contribution in [0.4, 0.5) is 0 Å². The lowest BCUT2D eigenvalue weighted by Gasteiger charge is -2.07. The van der Waals surface area contributed by atoms with Crippen LogP contribution in [0.15, 0.2) is 89.9 Å². The first-order valence-corrected chi connectivity index (χ1v) is 11.7. The Balaban J connectivity index is 1.65. The number of H-pyrrole nitrogens is 1. The number of benzene rings is 3. The summed E-state index contributed by atoms with van der Waals surface area (Å²) in [7, 11) is 0. The van der Waals surface area contributed by atoms with Crippen LogP contribution in [0.5, 0.6) is 5.75 Å². The summed E-state index contributed by atoms with van der Waals surface area (Å²) in [6, 6.07) is 26.7. The topological polar surface area (TPSA) is 96.6 Å². The first-order chi connectivity index (χ1) is 17.7. The Morgan fingerprint density at radius 1 is 1.08 bits per heavy atom. The molecule has 7 nitrogen and oxygen atoms in total. The van der Waals surface area contributed by atoms with Crippen molar-refractivity contribution in [2.75, 3.05) is 6.61 Å². The molecule has 0 saturated carbocycles. The minimum Gasteiger partial charge on any atom is -0.494 e. The number of rotatable bonds is 7. The van der Waals surface area contributed by atoms with Crippen molar-refractivity contribution in [2.45, 2.75) is 13.3 Å². The number of aromatic nitrogens is 4. The second-order valence-corrected chi connectivity index (χ2v) is 8.19. The summed E-state index contributed by atoms with van der Waals surface area (Å²) < 4.78 is 7.59. The van der Waals surface area contributed by atoms with Crippen LogP contribution < -0.4 is 10.3 Å². The Labute approximate surface area is 207 Å². The summed E-state index contributed by atoms with van der Waals surface area (Å²) in [4.78, 5) is 19.9. The van der Waals surface area contributed by atoms with Gasteiger partial charge in [0.05, 0.1) is 28.8 Å². The zero-order valence-electron chi connectivity index (χ0n) is 19.7. The highest BCUT2D eigenvalue weighted by Crippen LogP contribution is 2.29. The molecule has 0 radical (unpaired) electrons. The highest BCUT2D eigenvalue weighted by molar-refractivity contribution is 5.91. The number of hydrogen-bond donors (Lipinski definition) is 1. The largest absolute Gasteiger partial charge is 0.494 e. The van der Waals surface area contributed by atoms with Gasteiger partial charge in [0.25, 0.3) is 5.56 Å². The third-order valence-electron chi connectivity index (χ3n) is 5.63. The predicted octanol–water partition coefficient (Wildman–Crippen LogP) is 5.63. The van der Waals surface area contributed by atoms with Crippen molar-refractivity contribution in [1.29, 1.82) is 5.26 Å². The van der Waals surface area contributed by atoms with Gasteiger partial charge in [0, 0.05) is 17.3 Å². The number of fused-ring (bicyclic) bond motifs is 1. The van der Waals surface area contributed by atoms with Crippen LogP contribution in [0.2, 0.25) is 0 Å². The van der Waals surface area contributed by atoms with Gasteiger partial charge in [-0.05, 0) is 48.9 Å². The molecule has 0 unspecified atom stereocenters. The van der Waals surface area contributed by atoms with Crippen molar-refractivity contribution in [3.63, 3.8) is 0 Å². The Hall–Kier alpha value is -4.96. The van der Waals surface area contributed by atoms with E-state index in [0.29, 0.717) is 28.8 Å². The highest BCUT2D eigenvalue weighted by Gasteiger charge is 2.15. The number of nitrogens with one attached hydrogen (secondary N) is 1. The van der Waals surface area contributed by atoms with Gasteiger partial charge in [-0.15, -0.1) is 0 Å². The lowest BCUT2D eigenvalue weighted by atomic mass is 10.1. The minimum atomic E-state index is -0.294. The first-order valence-electron chi connectivity index (χ1n) is 11.7. The molecule has 0 bridgehead atoms. The van der Waals surface area contributed by atoms with Crippen molar-refractivity contribution >= 4 is 22.6 Å². The second-order valence-electron chi connectivity index (χ2n) is 8.19. The zero-order chi connectivity index (χ0) is 24.9. The van der Waals surface area contributed by atoms with E-state index in [1.54, 1.807) is 29.0 Å². The number of nitrogens with zero attached hydrogens (tertiary/aromatic N) is 4. The van der Waals surface area contributed by atoms with Crippen LogP contribution in [0.25, 0.3) is 39.5 Å². The molecule has 5 rings (SSSR count). The zero-order valence-corrected chi connectivity index (χ0v) is 19.7. The van der Waals surface area contributed by atoms with E-state index in [2.05, 4.69) is 23.0 Å². The van der Waals surface area contributed by atoms with E-state index < -0.39 is 0 Å². The number of allylic oxidation sites excluding steroid dienone is 1. The van der Waals surface area contributed by atoms with Crippen LogP contribution in [-0.2, 0) is 0 Å². The molecule has 0 amide bonds. The third-order valence-corrected chi connectivity index (χ3v) is 5.63. The van der Waals surface area contributed by atoms with E-state index in [-0.39, 0.29) is 17.0 Å². The SMILES string of the molecule is CCCOc1cccc(-c2nn(-c3ccccc3)cc2/C=C(/C#N)c2nc3ccccc3c(=O)[nH]2)c1. The van der Waals surface area contributed by atoms with E-state index in [4.69, 9.17) is 9.84 Å². The summed E-state index contributed by atoms with van der Waals surface area (Å²) in [5, 5.41) is 15.3. The molecule has 5 aromatic rings. The van der Waals surface area contributed by atoms with Gasteiger partial charge in [0.15, 0.2) is 5.82 Å². The quantitative estimate of drug-likeness (QED) is 0.309. The number of ether oxygens (including phenoxy) is 1. The number of aromatic amines is 1. The van der Waals surface area contributed by atoms with Crippen LogP contribution >= 0.6 is 0 Å². The van der Waals surface area contributed by atoms with Gasteiger partial charge in [0.2, 0.25) is 0 Å². The maximum atomic E-state index is 12.6. The Kier molecular flexibility index (Phi) is 6.41. The summed E-state index contributed by atoms with van der Waals surface area (Å²) in [6.45, 7) is 2.68. The van der Waals surface area contributed by atoms with Gasteiger partial charge in [-0.3, -0.25) is 4.79 Å². The lowest BCUT2D eigenvalue weighted by molar-refractivity contribution is 0.317. The van der Waals surface area contributed by atoms with Crippen molar-refractivity contribution in [3.05, 3.63) is 107 Å². The lowest BCUT2D eigenvalue weighted by Crippen LogP contribution is -2.11. The molecule has 36 heavy (non-hydrogen) atoms. The molecule has 0 spiro atoms. The number of para-hydroxylation sites is 2. The van der Waals surface area contributed by atoms with Gasteiger partial charge in [-0.25, -0.2) is 9.67 Å². The van der Waals surface area contributed by atoms with Gasteiger partial charge < -0.3 is 9.72 Å². The molecule has 2 heterocycles. The summed E-state index contributed by atoms with van der Waals surface area (Å²) >= 11 is 0. The van der Waals surface area contributed by atoms with E-state index in [1.807, 2.05) is 66.9 Å². The molecule has 3 aromatic carbocycles. The Morgan fingerprint density at radius 2 is 1.89 bits per heavy atom. The molecule has 0 aliphatic carbocycles.